The molecule has 0 spiro atoms. The van der Waals surface area contributed by atoms with Crippen molar-refractivity contribution in [2.75, 3.05) is 13.2 Å². The predicted octanol–water partition coefficient (Wildman–Crippen LogP) is 6.28. The molecule has 214 valence electrons. The van der Waals surface area contributed by atoms with Crippen molar-refractivity contribution < 1.29 is 14.3 Å². The van der Waals surface area contributed by atoms with Gasteiger partial charge in [0.2, 0.25) is 0 Å². The van der Waals surface area contributed by atoms with Gasteiger partial charge >= 0.3 is 5.97 Å². The SMILES string of the molecule is C=CCOc1ccc(Cl)cc1/C=c1\sc2n(c1=O)[C@@H](c1ccc(C(C)C)cc1)C(C(=O)OCC)=C(c1ccccc1)N=2. The zero-order chi connectivity index (χ0) is 29.8. The van der Waals surface area contributed by atoms with Crippen LogP contribution in [0.4, 0.5) is 0 Å². The van der Waals surface area contributed by atoms with Crippen molar-refractivity contribution >= 4 is 40.7 Å². The highest BCUT2D eigenvalue weighted by Gasteiger charge is 2.35. The molecule has 0 fully saturated rings. The van der Waals surface area contributed by atoms with Crippen LogP contribution in [0.2, 0.25) is 5.02 Å². The van der Waals surface area contributed by atoms with Crippen molar-refractivity contribution in [1.82, 2.24) is 4.57 Å². The Morgan fingerprint density at radius 1 is 1.12 bits per heavy atom. The Balaban J connectivity index is 1.80. The molecule has 42 heavy (non-hydrogen) atoms. The summed E-state index contributed by atoms with van der Waals surface area (Å²) in [5, 5.41) is 0.513. The number of hydrogen-bond donors (Lipinski definition) is 0. The van der Waals surface area contributed by atoms with Crippen LogP contribution in [0.3, 0.4) is 0 Å². The third kappa shape index (κ3) is 5.89. The summed E-state index contributed by atoms with van der Waals surface area (Å²) in [6.07, 6.45) is 3.40. The highest BCUT2D eigenvalue weighted by atomic mass is 35.5. The average molecular weight is 599 g/mol. The van der Waals surface area contributed by atoms with Gasteiger partial charge in [-0.1, -0.05) is 104 Å². The zero-order valence-electron chi connectivity index (χ0n) is 23.7. The lowest BCUT2D eigenvalue weighted by atomic mass is 9.91. The molecule has 0 aliphatic carbocycles. The Morgan fingerprint density at radius 3 is 2.52 bits per heavy atom. The molecule has 1 aliphatic heterocycles. The second-order valence-corrected chi connectivity index (χ2v) is 11.5. The summed E-state index contributed by atoms with van der Waals surface area (Å²) in [5.41, 5.74) is 3.88. The standard InChI is InChI=1S/C34H31ClN2O4S/c1-5-18-41-27-17-16-26(35)19-25(27)20-28-32(38)37-31(24-14-12-22(13-15-24)21(3)4)29(33(39)40-6-2)30(36-34(37)42-28)23-10-8-7-9-11-23/h5,7-17,19-21,31H,1,6,18H2,2-4H3/b28-20-/t31-/m0/s1. The number of benzene rings is 3. The molecule has 0 N–H and O–H groups in total. The van der Waals surface area contributed by atoms with Gasteiger partial charge in [-0.25, -0.2) is 9.79 Å². The molecule has 0 amide bonds. The molecule has 0 saturated carbocycles. The van der Waals surface area contributed by atoms with Gasteiger partial charge in [-0.2, -0.15) is 0 Å². The van der Waals surface area contributed by atoms with E-state index >= 15 is 0 Å². The smallest absolute Gasteiger partial charge is 0.338 e. The number of esters is 1. The summed E-state index contributed by atoms with van der Waals surface area (Å²) in [5.74, 6) is 0.390. The van der Waals surface area contributed by atoms with Gasteiger partial charge < -0.3 is 9.47 Å². The van der Waals surface area contributed by atoms with Crippen molar-refractivity contribution in [2.45, 2.75) is 32.7 Å². The fourth-order valence-electron chi connectivity index (χ4n) is 4.87. The third-order valence-corrected chi connectivity index (χ3v) is 8.13. The minimum atomic E-state index is -0.741. The Labute approximate surface area is 253 Å². The van der Waals surface area contributed by atoms with E-state index in [1.54, 1.807) is 41.8 Å². The van der Waals surface area contributed by atoms with Crippen LogP contribution in [0.15, 0.2) is 101 Å². The van der Waals surface area contributed by atoms with E-state index < -0.39 is 12.0 Å². The summed E-state index contributed by atoms with van der Waals surface area (Å²) in [6.45, 7) is 10.2. The molecule has 0 bridgehead atoms. The number of carbonyl (C=O) groups is 1. The van der Waals surface area contributed by atoms with Crippen LogP contribution in [-0.2, 0) is 9.53 Å². The normalized spacial score (nSPS) is 14.9. The highest BCUT2D eigenvalue weighted by Crippen LogP contribution is 2.35. The van der Waals surface area contributed by atoms with E-state index in [2.05, 4.69) is 20.4 Å². The molecule has 1 aliphatic rings. The van der Waals surface area contributed by atoms with E-state index in [9.17, 15) is 9.59 Å². The first-order valence-electron chi connectivity index (χ1n) is 13.7. The van der Waals surface area contributed by atoms with Gasteiger partial charge in [0, 0.05) is 16.1 Å². The Morgan fingerprint density at radius 2 is 1.86 bits per heavy atom. The molecule has 0 unspecified atom stereocenters. The summed E-state index contributed by atoms with van der Waals surface area (Å²) in [4.78, 5) is 33.2. The lowest BCUT2D eigenvalue weighted by molar-refractivity contribution is -0.138. The maximum atomic E-state index is 14.2. The zero-order valence-corrected chi connectivity index (χ0v) is 25.2. The summed E-state index contributed by atoms with van der Waals surface area (Å²) < 4.78 is 13.4. The maximum Gasteiger partial charge on any atom is 0.338 e. The fraction of sp³-hybridized carbons (Fsp3) is 0.206. The summed E-state index contributed by atoms with van der Waals surface area (Å²) in [7, 11) is 0. The van der Waals surface area contributed by atoms with Crippen LogP contribution in [-0.4, -0.2) is 23.8 Å². The summed E-state index contributed by atoms with van der Waals surface area (Å²) in [6, 6.07) is 22.0. The number of halogens is 1. The summed E-state index contributed by atoms with van der Waals surface area (Å²) >= 11 is 7.56. The predicted molar refractivity (Wildman–Crippen MR) is 169 cm³/mol. The Kier molecular flexibility index (Phi) is 8.90. The molecule has 8 heteroatoms. The molecule has 5 rings (SSSR count). The van der Waals surface area contributed by atoms with Gasteiger partial charge in [0.05, 0.1) is 28.5 Å². The molecule has 2 heterocycles. The van der Waals surface area contributed by atoms with Crippen LogP contribution in [0.1, 0.15) is 55.0 Å². The van der Waals surface area contributed by atoms with Gasteiger partial charge in [-0.3, -0.25) is 9.36 Å². The number of aromatic nitrogens is 1. The van der Waals surface area contributed by atoms with Crippen LogP contribution in [0.5, 0.6) is 5.75 Å². The molecule has 6 nitrogen and oxygen atoms in total. The molecular weight excluding hydrogens is 568 g/mol. The van der Waals surface area contributed by atoms with Crippen molar-refractivity contribution in [2.24, 2.45) is 4.99 Å². The molecule has 0 radical (unpaired) electrons. The molecule has 0 saturated heterocycles. The van der Waals surface area contributed by atoms with E-state index in [1.807, 2.05) is 54.6 Å². The number of ether oxygens (including phenoxy) is 2. The minimum absolute atomic E-state index is 0.191. The van der Waals surface area contributed by atoms with Crippen LogP contribution < -0.4 is 19.6 Å². The highest BCUT2D eigenvalue weighted by molar-refractivity contribution is 7.07. The van der Waals surface area contributed by atoms with Gasteiger partial charge in [-0.15, -0.1) is 0 Å². The van der Waals surface area contributed by atoms with Gasteiger partial charge in [-0.05, 0) is 48.2 Å². The van der Waals surface area contributed by atoms with Gasteiger partial charge in [0.25, 0.3) is 5.56 Å². The molecular formula is C34H31ClN2O4S. The first kappa shape index (κ1) is 29.3. The largest absolute Gasteiger partial charge is 0.489 e. The lowest BCUT2D eigenvalue weighted by Gasteiger charge is -2.26. The minimum Gasteiger partial charge on any atom is -0.489 e. The number of nitrogens with zero attached hydrogens (tertiary/aromatic N) is 2. The van der Waals surface area contributed by atoms with Crippen molar-refractivity contribution in [1.29, 1.82) is 0 Å². The first-order chi connectivity index (χ1) is 20.3. The van der Waals surface area contributed by atoms with E-state index in [4.69, 9.17) is 26.1 Å². The van der Waals surface area contributed by atoms with Crippen molar-refractivity contribution in [3.8, 4) is 5.75 Å². The van der Waals surface area contributed by atoms with Gasteiger partial charge in [0.1, 0.15) is 12.4 Å². The van der Waals surface area contributed by atoms with Crippen LogP contribution in [0, 0.1) is 0 Å². The second-order valence-electron chi connectivity index (χ2n) is 10.0. The van der Waals surface area contributed by atoms with E-state index in [-0.39, 0.29) is 12.2 Å². The van der Waals surface area contributed by atoms with Crippen molar-refractivity contribution in [3.63, 3.8) is 0 Å². The van der Waals surface area contributed by atoms with Gasteiger partial charge in [0.15, 0.2) is 4.80 Å². The number of hydrogen-bond acceptors (Lipinski definition) is 6. The van der Waals surface area contributed by atoms with E-state index in [0.717, 1.165) is 16.7 Å². The van der Waals surface area contributed by atoms with E-state index in [1.165, 1.54) is 11.3 Å². The molecule has 4 aromatic rings. The lowest BCUT2D eigenvalue weighted by Crippen LogP contribution is -2.40. The molecule has 1 atom stereocenters. The number of carbonyl (C=O) groups excluding carboxylic acids is 1. The van der Waals surface area contributed by atoms with Crippen LogP contribution >= 0.6 is 22.9 Å². The number of fused-ring (bicyclic) bond motifs is 1. The Bertz CT molecular complexity index is 1840. The monoisotopic (exact) mass is 598 g/mol. The molecule has 3 aromatic carbocycles. The van der Waals surface area contributed by atoms with Crippen molar-refractivity contribution in [3.05, 3.63) is 138 Å². The quantitative estimate of drug-likeness (QED) is 0.168. The fourth-order valence-corrected chi connectivity index (χ4v) is 6.04. The third-order valence-electron chi connectivity index (χ3n) is 6.91. The van der Waals surface area contributed by atoms with E-state index in [0.29, 0.717) is 49.5 Å². The first-order valence-corrected chi connectivity index (χ1v) is 14.9. The average Bonchev–Trinajstić information content (AvgIpc) is 3.30. The number of rotatable bonds is 9. The molecule has 1 aromatic heterocycles. The topological polar surface area (TPSA) is 69.9 Å². The van der Waals surface area contributed by atoms with Crippen LogP contribution in [0.25, 0.3) is 11.8 Å². The maximum absolute atomic E-state index is 14.2. The Hall–Kier alpha value is -4.20. The second kappa shape index (κ2) is 12.8. The number of thiazole rings is 1.